The van der Waals surface area contributed by atoms with Crippen molar-refractivity contribution >= 4 is 23.2 Å². The Morgan fingerprint density at radius 3 is 2.75 bits per heavy atom. The first-order chi connectivity index (χ1) is 11.7. The highest BCUT2D eigenvalue weighted by Crippen LogP contribution is 2.19. The molecule has 1 aromatic carbocycles. The molecule has 5 heteroatoms. The van der Waals surface area contributed by atoms with Gasteiger partial charge in [0.05, 0.1) is 6.04 Å². The van der Waals surface area contributed by atoms with E-state index in [0.717, 1.165) is 24.9 Å². The molecule has 1 aliphatic heterocycles. The zero-order valence-electron chi connectivity index (χ0n) is 13.6. The molecule has 2 heterocycles. The van der Waals surface area contributed by atoms with Crippen molar-refractivity contribution in [2.45, 2.75) is 31.7 Å². The third kappa shape index (κ3) is 4.45. The fourth-order valence-electron chi connectivity index (χ4n) is 3.00. The minimum absolute atomic E-state index is 0.0294. The molecule has 126 valence electrons. The molecule has 1 aliphatic rings. The van der Waals surface area contributed by atoms with E-state index in [0.29, 0.717) is 19.4 Å². The number of rotatable bonds is 7. The molecule has 0 radical (unpaired) electrons. The maximum atomic E-state index is 12.4. The van der Waals surface area contributed by atoms with Gasteiger partial charge in [-0.1, -0.05) is 30.3 Å². The largest absolute Gasteiger partial charge is 0.347 e. The second kappa shape index (κ2) is 8.11. The Hall–Kier alpha value is -2.14. The smallest absolute Gasteiger partial charge is 0.222 e. The molecule has 4 nitrogen and oxygen atoms in total. The van der Waals surface area contributed by atoms with Gasteiger partial charge in [-0.3, -0.25) is 9.59 Å². The van der Waals surface area contributed by atoms with Gasteiger partial charge < -0.3 is 10.2 Å². The average molecular weight is 342 g/mol. The van der Waals surface area contributed by atoms with Crippen LogP contribution in [0.1, 0.15) is 36.4 Å². The lowest BCUT2D eigenvalue weighted by Crippen LogP contribution is -2.38. The van der Waals surface area contributed by atoms with Crippen molar-refractivity contribution in [3.8, 4) is 0 Å². The summed E-state index contributed by atoms with van der Waals surface area (Å²) >= 11 is 1.65. The molecular formula is C19H22N2O2S. The summed E-state index contributed by atoms with van der Waals surface area (Å²) in [6.45, 7) is 1.33. The first-order valence-electron chi connectivity index (χ1n) is 8.35. The number of amides is 2. The van der Waals surface area contributed by atoms with Crippen LogP contribution in [0.15, 0.2) is 47.2 Å². The Balaban J connectivity index is 1.63. The predicted octanol–water partition coefficient (Wildman–Crippen LogP) is 3.16. The number of likely N-dealkylation sites (tertiary alicyclic amines) is 1. The van der Waals surface area contributed by atoms with Gasteiger partial charge in [0.2, 0.25) is 11.8 Å². The molecule has 24 heavy (non-hydrogen) atoms. The van der Waals surface area contributed by atoms with Gasteiger partial charge in [-0.15, -0.1) is 0 Å². The van der Waals surface area contributed by atoms with Crippen molar-refractivity contribution in [2.24, 2.45) is 0 Å². The van der Waals surface area contributed by atoms with Crippen molar-refractivity contribution in [1.29, 1.82) is 0 Å². The fourth-order valence-corrected chi connectivity index (χ4v) is 3.70. The van der Waals surface area contributed by atoms with Crippen molar-refractivity contribution in [1.82, 2.24) is 10.2 Å². The summed E-state index contributed by atoms with van der Waals surface area (Å²) < 4.78 is 0. The summed E-state index contributed by atoms with van der Waals surface area (Å²) in [6, 6.07) is 11.8. The highest BCUT2D eigenvalue weighted by Gasteiger charge is 2.25. The van der Waals surface area contributed by atoms with Gasteiger partial charge in [-0.2, -0.15) is 11.3 Å². The normalized spacial score (nSPS) is 15.5. The summed E-state index contributed by atoms with van der Waals surface area (Å²) in [4.78, 5) is 26.1. The minimum Gasteiger partial charge on any atom is -0.347 e. The van der Waals surface area contributed by atoms with E-state index in [1.165, 1.54) is 5.56 Å². The van der Waals surface area contributed by atoms with Crippen LogP contribution in [0.3, 0.4) is 0 Å². The van der Waals surface area contributed by atoms with Gasteiger partial charge in [0.1, 0.15) is 0 Å². The highest BCUT2D eigenvalue weighted by atomic mass is 32.1. The van der Waals surface area contributed by atoms with Crippen LogP contribution in [0.5, 0.6) is 0 Å². The third-order valence-electron chi connectivity index (χ3n) is 4.33. The maximum absolute atomic E-state index is 12.4. The number of nitrogens with zero attached hydrogens (tertiary/aromatic N) is 1. The monoisotopic (exact) mass is 342 g/mol. The number of hydrogen-bond donors (Lipinski definition) is 1. The molecule has 1 aromatic heterocycles. The second-order valence-corrected chi connectivity index (χ2v) is 6.89. The van der Waals surface area contributed by atoms with Crippen LogP contribution in [-0.4, -0.2) is 29.8 Å². The van der Waals surface area contributed by atoms with Gasteiger partial charge >= 0.3 is 0 Å². The Labute approximate surface area is 146 Å². The summed E-state index contributed by atoms with van der Waals surface area (Å²) in [5.41, 5.74) is 2.24. The van der Waals surface area contributed by atoms with Crippen molar-refractivity contribution in [3.63, 3.8) is 0 Å². The van der Waals surface area contributed by atoms with E-state index < -0.39 is 0 Å². The van der Waals surface area contributed by atoms with Crippen LogP contribution in [0.2, 0.25) is 0 Å². The number of benzene rings is 1. The molecule has 1 fully saturated rings. The summed E-state index contributed by atoms with van der Waals surface area (Å²) in [6.07, 6.45) is 2.74. The van der Waals surface area contributed by atoms with E-state index in [4.69, 9.17) is 0 Å². The Bertz CT molecular complexity index is 670. The van der Waals surface area contributed by atoms with Crippen LogP contribution < -0.4 is 5.32 Å². The van der Waals surface area contributed by atoms with E-state index in [-0.39, 0.29) is 17.9 Å². The van der Waals surface area contributed by atoms with Crippen LogP contribution in [0, 0.1) is 0 Å². The molecule has 1 N–H and O–H groups in total. The zero-order valence-corrected chi connectivity index (χ0v) is 14.4. The third-order valence-corrected chi connectivity index (χ3v) is 5.06. The van der Waals surface area contributed by atoms with Crippen LogP contribution in [0.4, 0.5) is 0 Å². The Morgan fingerprint density at radius 2 is 2.08 bits per heavy atom. The number of thiophene rings is 1. The number of aryl methyl sites for hydroxylation is 1. The van der Waals surface area contributed by atoms with Crippen LogP contribution in [-0.2, 0) is 16.0 Å². The quantitative estimate of drug-likeness (QED) is 0.840. The summed E-state index contributed by atoms with van der Waals surface area (Å²) in [5.74, 6) is 0.213. The van der Waals surface area contributed by atoms with Gasteiger partial charge in [0, 0.05) is 25.9 Å². The Kier molecular flexibility index (Phi) is 5.64. The van der Waals surface area contributed by atoms with Gasteiger partial charge in [-0.25, -0.2) is 0 Å². The first-order valence-corrected chi connectivity index (χ1v) is 9.30. The standard InChI is InChI=1S/C19H22N2O2S/c22-18(9-8-15-10-12-24-14-15)20-17(16-5-2-1-3-6-16)13-21-11-4-7-19(21)23/h1-3,5-6,10,12,14,17H,4,7-9,11,13H2,(H,20,22)/t17-/m0/s1. The first kappa shape index (κ1) is 16.7. The van der Waals surface area contributed by atoms with Gasteiger partial charge in [0.15, 0.2) is 0 Å². The van der Waals surface area contributed by atoms with E-state index in [1.807, 2.05) is 40.6 Å². The minimum atomic E-state index is -0.150. The summed E-state index contributed by atoms with van der Waals surface area (Å²) in [5, 5.41) is 7.21. The molecule has 0 aliphatic carbocycles. The molecule has 1 atom stereocenters. The molecule has 0 bridgehead atoms. The molecule has 2 aromatic rings. The zero-order chi connectivity index (χ0) is 16.8. The molecular weight excluding hydrogens is 320 g/mol. The van der Waals surface area contributed by atoms with Gasteiger partial charge in [-0.05, 0) is 40.8 Å². The van der Waals surface area contributed by atoms with Crippen molar-refractivity contribution in [2.75, 3.05) is 13.1 Å². The van der Waals surface area contributed by atoms with Gasteiger partial charge in [0.25, 0.3) is 0 Å². The lowest BCUT2D eigenvalue weighted by Gasteiger charge is -2.25. The molecule has 3 rings (SSSR count). The molecule has 0 unspecified atom stereocenters. The van der Waals surface area contributed by atoms with E-state index >= 15 is 0 Å². The molecule has 2 amide bonds. The number of nitrogens with one attached hydrogen (secondary N) is 1. The fraction of sp³-hybridized carbons (Fsp3) is 0.368. The topological polar surface area (TPSA) is 49.4 Å². The lowest BCUT2D eigenvalue weighted by molar-refractivity contribution is -0.129. The van der Waals surface area contributed by atoms with E-state index in [9.17, 15) is 9.59 Å². The van der Waals surface area contributed by atoms with E-state index in [2.05, 4.69) is 16.8 Å². The average Bonchev–Trinajstić information content (AvgIpc) is 3.25. The second-order valence-electron chi connectivity index (χ2n) is 6.11. The number of carbonyl (C=O) groups is 2. The van der Waals surface area contributed by atoms with Crippen molar-refractivity contribution < 1.29 is 9.59 Å². The van der Waals surface area contributed by atoms with E-state index in [1.54, 1.807) is 11.3 Å². The highest BCUT2D eigenvalue weighted by molar-refractivity contribution is 7.07. The van der Waals surface area contributed by atoms with Crippen LogP contribution in [0.25, 0.3) is 0 Å². The molecule has 0 spiro atoms. The summed E-state index contributed by atoms with van der Waals surface area (Å²) in [7, 11) is 0. The van der Waals surface area contributed by atoms with Crippen LogP contribution >= 0.6 is 11.3 Å². The maximum Gasteiger partial charge on any atom is 0.222 e. The SMILES string of the molecule is O=C(CCc1ccsc1)N[C@@H](CN1CCCC1=O)c1ccccc1. The lowest BCUT2D eigenvalue weighted by atomic mass is 10.1. The Morgan fingerprint density at radius 1 is 1.25 bits per heavy atom. The number of hydrogen-bond acceptors (Lipinski definition) is 3. The number of carbonyl (C=O) groups excluding carboxylic acids is 2. The predicted molar refractivity (Wildman–Crippen MR) is 95.8 cm³/mol. The molecule has 0 saturated carbocycles. The van der Waals surface area contributed by atoms with Crippen molar-refractivity contribution in [3.05, 3.63) is 58.3 Å². The molecule has 1 saturated heterocycles.